The lowest BCUT2D eigenvalue weighted by molar-refractivity contribution is 1.25. The van der Waals surface area contributed by atoms with Crippen molar-refractivity contribution in [3.05, 3.63) is 127 Å². The molecule has 0 aliphatic heterocycles. The van der Waals surface area contributed by atoms with E-state index in [2.05, 4.69) is 85.7 Å². The second kappa shape index (κ2) is 12.5. The minimum atomic E-state index is 0.528. The molecule has 3 aromatic rings. The Morgan fingerprint density at radius 1 is 1.03 bits per heavy atom. The van der Waals surface area contributed by atoms with E-state index in [0.717, 1.165) is 22.4 Å². The highest BCUT2D eigenvalue weighted by atomic mass is 32.2. The normalized spacial score (nSPS) is 11.8. The van der Waals surface area contributed by atoms with Crippen molar-refractivity contribution < 1.29 is 0 Å². The molecule has 0 unspecified atom stereocenters. The summed E-state index contributed by atoms with van der Waals surface area (Å²) in [7, 11) is 0. The number of nitrogens with one attached hydrogen (secondary N) is 1. The summed E-state index contributed by atoms with van der Waals surface area (Å²) in [6.45, 7) is 11.8. The molecule has 34 heavy (non-hydrogen) atoms. The van der Waals surface area contributed by atoms with Gasteiger partial charge in [0.05, 0.1) is 5.70 Å². The van der Waals surface area contributed by atoms with Crippen molar-refractivity contribution in [2.75, 3.05) is 0 Å². The molecule has 0 aliphatic rings. The zero-order valence-electron chi connectivity index (χ0n) is 19.8. The first-order valence-electron chi connectivity index (χ1n) is 11.3. The van der Waals surface area contributed by atoms with E-state index in [1.54, 1.807) is 24.1 Å². The number of nitrogens with zero attached hydrogens (tertiary/aromatic N) is 1. The van der Waals surface area contributed by atoms with Crippen molar-refractivity contribution in [1.82, 2.24) is 0 Å². The van der Waals surface area contributed by atoms with Crippen LogP contribution in [-0.4, -0.2) is 11.9 Å². The molecule has 0 heterocycles. The average molecular weight is 463 g/mol. The van der Waals surface area contributed by atoms with E-state index in [9.17, 15) is 0 Å². The third-order valence-corrected chi connectivity index (χ3v) is 6.41. The monoisotopic (exact) mass is 462 g/mol. The van der Waals surface area contributed by atoms with Gasteiger partial charge in [0.2, 0.25) is 0 Å². The SMILES string of the molecule is C=C/C=C\C(=C)C=N/C(=C\C(=N)CC)c1cccc(-c2cccc(C)c2Sc2ccccc2)c1. The number of aliphatic imine (C=N–C) groups is 1. The van der Waals surface area contributed by atoms with Gasteiger partial charge in [-0.1, -0.05) is 105 Å². The van der Waals surface area contributed by atoms with Crippen molar-refractivity contribution in [3.8, 4) is 11.1 Å². The van der Waals surface area contributed by atoms with E-state index >= 15 is 0 Å². The maximum Gasteiger partial charge on any atom is 0.0720 e. The van der Waals surface area contributed by atoms with Crippen molar-refractivity contribution in [2.24, 2.45) is 4.99 Å². The van der Waals surface area contributed by atoms with Crippen molar-refractivity contribution in [1.29, 1.82) is 5.41 Å². The molecule has 0 atom stereocenters. The molecule has 0 aromatic heterocycles. The van der Waals surface area contributed by atoms with Crippen LogP contribution in [-0.2, 0) is 0 Å². The molecule has 2 nitrogen and oxygen atoms in total. The highest BCUT2D eigenvalue weighted by Gasteiger charge is 2.11. The Labute approximate surface area is 207 Å². The van der Waals surface area contributed by atoms with Crippen LogP contribution in [0.15, 0.2) is 131 Å². The lowest BCUT2D eigenvalue weighted by atomic mass is 9.99. The van der Waals surface area contributed by atoms with Gasteiger partial charge < -0.3 is 5.41 Å². The minimum Gasteiger partial charge on any atom is -0.305 e. The van der Waals surface area contributed by atoms with Crippen LogP contribution in [0.5, 0.6) is 0 Å². The van der Waals surface area contributed by atoms with Gasteiger partial charge in [-0.05, 0) is 59.9 Å². The van der Waals surface area contributed by atoms with Gasteiger partial charge in [0, 0.05) is 27.3 Å². The van der Waals surface area contributed by atoms with E-state index in [-0.39, 0.29) is 0 Å². The molecule has 3 aromatic carbocycles. The standard InChI is InChI=1S/C31H30N2S/c1-5-7-13-23(3)22-33-30(21-27(32)6-2)26-16-12-15-25(20-26)29-19-11-14-24(4)31(29)34-28-17-9-8-10-18-28/h5,7-22,32H,1,3,6H2,2,4H3/b13-7-,30-21-,32-27?,33-22?. The van der Waals surface area contributed by atoms with E-state index < -0.39 is 0 Å². The maximum atomic E-state index is 8.22. The molecule has 3 rings (SSSR count). The van der Waals surface area contributed by atoms with E-state index in [0.29, 0.717) is 12.1 Å². The van der Waals surface area contributed by atoms with Crippen molar-refractivity contribution in [2.45, 2.75) is 30.1 Å². The van der Waals surface area contributed by atoms with Gasteiger partial charge in [-0.2, -0.15) is 0 Å². The second-order valence-electron chi connectivity index (χ2n) is 7.78. The van der Waals surface area contributed by atoms with Crippen molar-refractivity contribution >= 4 is 29.4 Å². The fraction of sp³-hybridized carbons (Fsp3) is 0.0968. The Bertz CT molecular complexity index is 1260. The molecule has 0 bridgehead atoms. The van der Waals surface area contributed by atoms with E-state index in [1.165, 1.54) is 20.9 Å². The van der Waals surface area contributed by atoms with Gasteiger partial charge in [-0.3, -0.25) is 4.99 Å². The first kappa shape index (κ1) is 24.9. The summed E-state index contributed by atoms with van der Waals surface area (Å²) in [5, 5.41) is 8.22. The Kier molecular flexibility index (Phi) is 9.19. The first-order valence-corrected chi connectivity index (χ1v) is 12.1. The van der Waals surface area contributed by atoms with Crippen LogP contribution >= 0.6 is 11.8 Å². The van der Waals surface area contributed by atoms with Crippen LogP contribution in [0.2, 0.25) is 0 Å². The highest BCUT2D eigenvalue weighted by molar-refractivity contribution is 7.99. The van der Waals surface area contributed by atoms with Gasteiger partial charge >= 0.3 is 0 Å². The Balaban J connectivity index is 2.03. The topological polar surface area (TPSA) is 36.2 Å². The van der Waals surface area contributed by atoms with E-state index in [4.69, 9.17) is 5.41 Å². The number of hydrogen-bond acceptors (Lipinski definition) is 3. The highest BCUT2D eigenvalue weighted by Crippen LogP contribution is 2.39. The van der Waals surface area contributed by atoms with Gasteiger partial charge in [0.25, 0.3) is 0 Å². The number of hydrogen-bond donors (Lipinski definition) is 1. The number of rotatable bonds is 10. The summed E-state index contributed by atoms with van der Waals surface area (Å²) < 4.78 is 0. The predicted octanol–water partition coefficient (Wildman–Crippen LogP) is 8.95. The molecule has 0 radical (unpaired) electrons. The van der Waals surface area contributed by atoms with Crippen LogP contribution in [0.3, 0.4) is 0 Å². The lowest BCUT2D eigenvalue weighted by Crippen LogP contribution is -1.93. The van der Waals surface area contributed by atoms with Crippen LogP contribution in [0.1, 0.15) is 24.5 Å². The quantitative estimate of drug-likeness (QED) is 0.237. The zero-order chi connectivity index (χ0) is 24.3. The summed E-state index contributed by atoms with van der Waals surface area (Å²) in [5.41, 5.74) is 6.54. The molecular formula is C31H30N2S. The van der Waals surface area contributed by atoms with Gasteiger partial charge in [-0.15, -0.1) is 0 Å². The van der Waals surface area contributed by atoms with Crippen LogP contribution in [0.25, 0.3) is 16.8 Å². The third-order valence-electron chi connectivity index (χ3n) is 5.15. The first-order chi connectivity index (χ1) is 16.5. The van der Waals surface area contributed by atoms with Gasteiger partial charge in [0.15, 0.2) is 0 Å². The average Bonchev–Trinajstić information content (AvgIpc) is 2.87. The number of benzene rings is 3. The van der Waals surface area contributed by atoms with Crippen LogP contribution < -0.4 is 0 Å². The van der Waals surface area contributed by atoms with Crippen molar-refractivity contribution in [3.63, 3.8) is 0 Å². The smallest absolute Gasteiger partial charge is 0.0720 e. The largest absolute Gasteiger partial charge is 0.305 e. The predicted molar refractivity (Wildman–Crippen MR) is 150 cm³/mol. The summed E-state index contributed by atoms with van der Waals surface area (Å²) in [4.78, 5) is 7.13. The van der Waals surface area contributed by atoms with Gasteiger partial charge in [-0.25, -0.2) is 0 Å². The fourth-order valence-corrected chi connectivity index (χ4v) is 4.37. The summed E-state index contributed by atoms with van der Waals surface area (Å²) in [6.07, 6.45) is 9.59. The fourth-order valence-electron chi connectivity index (χ4n) is 3.32. The third kappa shape index (κ3) is 6.90. The summed E-state index contributed by atoms with van der Waals surface area (Å²) in [5.74, 6) is 0. The minimum absolute atomic E-state index is 0.528. The molecule has 1 N–H and O–H groups in total. The molecule has 0 fully saturated rings. The Hall–Kier alpha value is -3.69. The summed E-state index contributed by atoms with van der Waals surface area (Å²) >= 11 is 1.78. The number of aryl methyl sites for hydroxylation is 1. The lowest BCUT2D eigenvalue weighted by Gasteiger charge is -2.14. The molecule has 170 valence electrons. The molecule has 0 saturated heterocycles. The molecule has 0 saturated carbocycles. The Morgan fingerprint density at radius 2 is 1.79 bits per heavy atom. The molecule has 3 heteroatoms. The number of allylic oxidation sites excluding steroid dienone is 5. The summed E-state index contributed by atoms with van der Waals surface area (Å²) in [6, 6.07) is 25.2. The van der Waals surface area contributed by atoms with Crippen LogP contribution in [0, 0.1) is 12.3 Å². The van der Waals surface area contributed by atoms with Crippen LogP contribution in [0.4, 0.5) is 0 Å². The molecule has 0 amide bonds. The maximum absolute atomic E-state index is 8.22. The zero-order valence-corrected chi connectivity index (χ0v) is 20.6. The van der Waals surface area contributed by atoms with Gasteiger partial charge in [0.1, 0.15) is 0 Å². The molecule has 0 aliphatic carbocycles. The second-order valence-corrected chi connectivity index (χ2v) is 8.87. The van der Waals surface area contributed by atoms with E-state index in [1.807, 2.05) is 37.3 Å². The molecular weight excluding hydrogens is 432 g/mol. The molecule has 0 spiro atoms. The Morgan fingerprint density at radius 3 is 2.53 bits per heavy atom.